The van der Waals surface area contributed by atoms with E-state index in [1.807, 2.05) is 11.0 Å². The van der Waals surface area contributed by atoms with Gasteiger partial charge in [0.1, 0.15) is 0 Å². The van der Waals surface area contributed by atoms with Gasteiger partial charge in [-0.05, 0) is 74.1 Å². The normalized spacial score (nSPS) is 28.0. The fourth-order valence-electron chi connectivity index (χ4n) is 4.55. The molecule has 130 valence electrons. The molecule has 4 heteroatoms. The summed E-state index contributed by atoms with van der Waals surface area (Å²) in [5, 5.41) is 0. The van der Waals surface area contributed by atoms with Crippen molar-refractivity contribution in [2.45, 2.75) is 57.1 Å². The number of carbonyl (C=O) groups excluding carboxylic acids is 1. The molecule has 2 aliphatic heterocycles. The summed E-state index contributed by atoms with van der Waals surface area (Å²) in [5.41, 5.74) is 9.75. The minimum Gasteiger partial charge on any atom is -0.378 e. The number of amides is 1. The standard InChI is InChI=1S/C20H28N2O2/c21-18-8-11-24-19(13-18)15-6-9-22(10-7-15)20(23)17-5-4-14-2-1-3-16(14)12-17/h4-5,12,15,18-19H,1-3,6-11,13,21H2/t18-,19-/m0/s1. The summed E-state index contributed by atoms with van der Waals surface area (Å²) >= 11 is 0. The lowest BCUT2D eigenvalue weighted by Crippen LogP contribution is -2.45. The quantitative estimate of drug-likeness (QED) is 0.908. The maximum atomic E-state index is 12.8. The molecule has 2 heterocycles. The van der Waals surface area contributed by atoms with Gasteiger partial charge in [0.2, 0.25) is 0 Å². The van der Waals surface area contributed by atoms with Crippen molar-refractivity contribution < 1.29 is 9.53 Å². The lowest BCUT2D eigenvalue weighted by atomic mass is 9.86. The predicted molar refractivity (Wildman–Crippen MR) is 94.0 cm³/mol. The zero-order valence-corrected chi connectivity index (χ0v) is 14.4. The van der Waals surface area contributed by atoms with Crippen molar-refractivity contribution in [3.63, 3.8) is 0 Å². The summed E-state index contributed by atoms with van der Waals surface area (Å²) in [7, 11) is 0. The third-order valence-electron chi connectivity index (χ3n) is 6.05. The molecular formula is C20H28N2O2. The Labute approximate surface area is 144 Å². The summed E-state index contributed by atoms with van der Waals surface area (Å²) in [6.45, 7) is 2.48. The molecule has 4 rings (SSSR count). The van der Waals surface area contributed by atoms with E-state index < -0.39 is 0 Å². The number of nitrogens with two attached hydrogens (primary N) is 1. The lowest BCUT2D eigenvalue weighted by molar-refractivity contribution is -0.0419. The largest absolute Gasteiger partial charge is 0.378 e. The van der Waals surface area contributed by atoms with Crippen molar-refractivity contribution >= 4 is 5.91 Å². The van der Waals surface area contributed by atoms with Crippen LogP contribution in [0.15, 0.2) is 18.2 Å². The van der Waals surface area contributed by atoms with Crippen LogP contribution in [0, 0.1) is 5.92 Å². The van der Waals surface area contributed by atoms with Crippen LogP contribution in [0.25, 0.3) is 0 Å². The molecule has 0 aromatic heterocycles. The van der Waals surface area contributed by atoms with E-state index in [0.717, 1.165) is 57.4 Å². The highest BCUT2D eigenvalue weighted by Crippen LogP contribution is 2.29. The van der Waals surface area contributed by atoms with Crippen LogP contribution in [0.3, 0.4) is 0 Å². The highest BCUT2D eigenvalue weighted by Gasteiger charge is 2.32. The van der Waals surface area contributed by atoms with Gasteiger partial charge in [-0.25, -0.2) is 0 Å². The van der Waals surface area contributed by atoms with Crippen molar-refractivity contribution in [3.05, 3.63) is 34.9 Å². The van der Waals surface area contributed by atoms with Crippen LogP contribution in [-0.4, -0.2) is 42.6 Å². The zero-order valence-electron chi connectivity index (χ0n) is 14.4. The summed E-state index contributed by atoms with van der Waals surface area (Å²) in [5.74, 6) is 0.754. The molecule has 0 radical (unpaired) electrons. The van der Waals surface area contributed by atoms with E-state index in [9.17, 15) is 4.79 Å². The minimum atomic E-state index is 0.199. The topological polar surface area (TPSA) is 55.6 Å². The molecule has 2 saturated heterocycles. The molecule has 24 heavy (non-hydrogen) atoms. The number of aryl methyl sites for hydroxylation is 2. The minimum absolute atomic E-state index is 0.199. The van der Waals surface area contributed by atoms with Crippen LogP contribution >= 0.6 is 0 Å². The van der Waals surface area contributed by atoms with Crippen molar-refractivity contribution in [3.8, 4) is 0 Å². The Morgan fingerprint density at radius 2 is 1.92 bits per heavy atom. The first-order chi connectivity index (χ1) is 11.7. The fourth-order valence-corrected chi connectivity index (χ4v) is 4.55. The Bertz CT molecular complexity index is 608. The number of benzene rings is 1. The molecule has 4 nitrogen and oxygen atoms in total. The third-order valence-corrected chi connectivity index (χ3v) is 6.05. The van der Waals surface area contributed by atoms with Crippen LogP contribution < -0.4 is 5.73 Å². The average molecular weight is 328 g/mol. The van der Waals surface area contributed by atoms with Crippen molar-refractivity contribution in [1.29, 1.82) is 0 Å². The van der Waals surface area contributed by atoms with Crippen LogP contribution in [0.1, 0.15) is 53.6 Å². The van der Waals surface area contributed by atoms with Gasteiger partial charge in [0.05, 0.1) is 6.10 Å². The molecule has 0 bridgehead atoms. The highest BCUT2D eigenvalue weighted by atomic mass is 16.5. The average Bonchev–Trinajstić information content (AvgIpc) is 3.09. The summed E-state index contributed by atoms with van der Waals surface area (Å²) in [4.78, 5) is 14.8. The number of ether oxygens (including phenoxy) is 1. The van der Waals surface area contributed by atoms with Crippen molar-refractivity contribution in [2.24, 2.45) is 11.7 Å². The van der Waals surface area contributed by atoms with Crippen molar-refractivity contribution in [2.75, 3.05) is 19.7 Å². The Morgan fingerprint density at radius 1 is 1.12 bits per heavy atom. The molecule has 0 unspecified atom stereocenters. The van der Waals surface area contributed by atoms with Gasteiger partial charge in [-0.1, -0.05) is 6.07 Å². The second-order valence-electron chi connectivity index (χ2n) is 7.66. The Hall–Kier alpha value is -1.39. The number of nitrogens with zero attached hydrogens (tertiary/aromatic N) is 1. The third kappa shape index (κ3) is 3.22. The van der Waals surface area contributed by atoms with E-state index in [1.165, 1.54) is 24.0 Å². The van der Waals surface area contributed by atoms with Gasteiger partial charge in [-0.15, -0.1) is 0 Å². The first kappa shape index (κ1) is 16.1. The zero-order chi connectivity index (χ0) is 16.5. The van der Waals surface area contributed by atoms with Gasteiger partial charge in [0.15, 0.2) is 0 Å². The number of piperidine rings is 1. The monoisotopic (exact) mass is 328 g/mol. The van der Waals surface area contributed by atoms with E-state index in [-0.39, 0.29) is 11.9 Å². The molecule has 1 aromatic carbocycles. The number of fused-ring (bicyclic) bond motifs is 1. The van der Waals surface area contributed by atoms with Gasteiger partial charge in [-0.3, -0.25) is 4.79 Å². The maximum absolute atomic E-state index is 12.8. The van der Waals surface area contributed by atoms with Crippen LogP contribution in [0.2, 0.25) is 0 Å². The second kappa shape index (κ2) is 6.85. The summed E-state index contributed by atoms with van der Waals surface area (Å²) in [6.07, 6.45) is 7.84. The smallest absolute Gasteiger partial charge is 0.253 e. The maximum Gasteiger partial charge on any atom is 0.253 e. The van der Waals surface area contributed by atoms with Crippen LogP contribution in [0.4, 0.5) is 0 Å². The lowest BCUT2D eigenvalue weighted by Gasteiger charge is -2.38. The van der Waals surface area contributed by atoms with Gasteiger partial charge < -0.3 is 15.4 Å². The van der Waals surface area contributed by atoms with Gasteiger partial charge in [0, 0.05) is 31.3 Å². The molecule has 2 atom stereocenters. The Balaban J connectivity index is 1.36. The van der Waals surface area contributed by atoms with Gasteiger partial charge >= 0.3 is 0 Å². The van der Waals surface area contributed by atoms with E-state index in [1.54, 1.807) is 0 Å². The molecule has 1 aliphatic carbocycles. The first-order valence-corrected chi connectivity index (χ1v) is 9.49. The number of hydrogen-bond donors (Lipinski definition) is 1. The summed E-state index contributed by atoms with van der Waals surface area (Å²) in [6, 6.07) is 6.58. The van der Waals surface area contributed by atoms with E-state index in [2.05, 4.69) is 12.1 Å². The molecule has 1 amide bonds. The summed E-state index contributed by atoms with van der Waals surface area (Å²) < 4.78 is 5.94. The second-order valence-corrected chi connectivity index (χ2v) is 7.66. The number of hydrogen-bond acceptors (Lipinski definition) is 3. The predicted octanol–water partition coefficient (Wildman–Crippen LogP) is 2.53. The molecule has 1 aromatic rings. The SMILES string of the molecule is N[C@H]1CCO[C@H](C2CCN(C(=O)c3ccc4c(c3)CCC4)CC2)C1. The number of likely N-dealkylation sites (tertiary alicyclic amines) is 1. The molecular weight excluding hydrogens is 300 g/mol. The van der Waals surface area contributed by atoms with E-state index >= 15 is 0 Å². The fraction of sp³-hybridized carbons (Fsp3) is 0.650. The van der Waals surface area contributed by atoms with Crippen LogP contribution in [0.5, 0.6) is 0 Å². The molecule has 2 fully saturated rings. The van der Waals surface area contributed by atoms with E-state index in [4.69, 9.17) is 10.5 Å². The Morgan fingerprint density at radius 3 is 2.71 bits per heavy atom. The molecule has 3 aliphatic rings. The molecule has 0 saturated carbocycles. The van der Waals surface area contributed by atoms with Gasteiger partial charge in [-0.2, -0.15) is 0 Å². The van der Waals surface area contributed by atoms with Crippen LogP contribution in [-0.2, 0) is 17.6 Å². The van der Waals surface area contributed by atoms with E-state index in [0.29, 0.717) is 12.0 Å². The first-order valence-electron chi connectivity index (χ1n) is 9.49. The van der Waals surface area contributed by atoms with Crippen molar-refractivity contribution in [1.82, 2.24) is 4.90 Å². The number of rotatable bonds is 2. The van der Waals surface area contributed by atoms with Gasteiger partial charge in [0.25, 0.3) is 5.91 Å². The molecule has 2 N–H and O–H groups in total. The Kier molecular flexibility index (Phi) is 4.59. The number of carbonyl (C=O) groups is 1. The molecule has 0 spiro atoms. The highest BCUT2D eigenvalue weighted by molar-refractivity contribution is 5.94.